The zero-order valence-electron chi connectivity index (χ0n) is 11.8. The molecule has 1 aliphatic rings. The Morgan fingerprint density at radius 2 is 2.11 bits per heavy atom. The fourth-order valence-corrected chi connectivity index (χ4v) is 2.35. The summed E-state index contributed by atoms with van der Waals surface area (Å²) in [5.74, 6) is 0.378. The summed E-state index contributed by atoms with van der Waals surface area (Å²) in [7, 11) is 4.23. The van der Waals surface area contributed by atoms with E-state index in [1.165, 1.54) is 11.1 Å². The Balaban J connectivity index is 2.02. The van der Waals surface area contributed by atoms with Crippen LogP contribution in [0, 0.1) is 0 Å². The second-order valence-corrected chi connectivity index (χ2v) is 6.06. The van der Waals surface area contributed by atoms with Crippen LogP contribution in [0.3, 0.4) is 0 Å². The highest BCUT2D eigenvalue weighted by molar-refractivity contribution is 5.40. The summed E-state index contributed by atoms with van der Waals surface area (Å²) in [6, 6.07) is 6.17. The molecule has 1 aliphatic carbocycles. The topological polar surface area (TPSA) is 35.5 Å². The fraction of sp³-hybridized carbons (Fsp3) is 0.600. The van der Waals surface area contributed by atoms with E-state index in [0.29, 0.717) is 11.8 Å². The molecule has 2 rings (SSSR count). The fourth-order valence-electron chi connectivity index (χ4n) is 2.35. The van der Waals surface area contributed by atoms with Crippen LogP contribution >= 0.6 is 0 Å². The first-order valence-corrected chi connectivity index (χ1v) is 6.63. The Morgan fingerprint density at radius 3 is 2.78 bits per heavy atom. The molecular formula is C15H24N2O. The maximum atomic E-state index is 9.49. The number of phenolic OH excluding ortho intramolecular Hbond substituents is 1. The third-order valence-corrected chi connectivity index (χ3v) is 4.20. The first-order chi connectivity index (χ1) is 8.40. The number of hydrogen-bond acceptors (Lipinski definition) is 3. The molecule has 0 radical (unpaired) electrons. The van der Waals surface area contributed by atoms with E-state index >= 15 is 0 Å². The largest absolute Gasteiger partial charge is 0.508 e. The van der Waals surface area contributed by atoms with Crippen LogP contribution in [0.5, 0.6) is 5.75 Å². The van der Waals surface area contributed by atoms with Gasteiger partial charge in [0.1, 0.15) is 5.75 Å². The number of nitrogens with one attached hydrogen (secondary N) is 1. The van der Waals surface area contributed by atoms with Crippen molar-refractivity contribution in [3.8, 4) is 5.75 Å². The lowest BCUT2D eigenvalue weighted by Crippen LogP contribution is -2.47. The lowest BCUT2D eigenvalue weighted by atomic mass is 10.0. The van der Waals surface area contributed by atoms with Crippen molar-refractivity contribution in [2.75, 3.05) is 20.6 Å². The lowest BCUT2D eigenvalue weighted by molar-refractivity contribution is 0.184. The van der Waals surface area contributed by atoms with Crippen LogP contribution < -0.4 is 5.32 Å². The molecule has 1 aromatic carbocycles. The minimum atomic E-state index is 0.152. The number of nitrogens with zero attached hydrogens (tertiary/aromatic N) is 1. The Kier molecular flexibility index (Phi) is 3.64. The molecular weight excluding hydrogens is 224 g/mol. The summed E-state index contributed by atoms with van der Waals surface area (Å²) in [5, 5.41) is 13.1. The van der Waals surface area contributed by atoms with Gasteiger partial charge in [-0.2, -0.15) is 0 Å². The molecule has 0 saturated heterocycles. The minimum absolute atomic E-state index is 0.152. The highest BCUT2D eigenvalue weighted by Gasteiger charge is 2.26. The summed E-state index contributed by atoms with van der Waals surface area (Å²) in [4.78, 5) is 2.24. The second kappa shape index (κ2) is 4.90. The molecule has 0 fully saturated rings. The number of phenols is 1. The monoisotopic (exact) mass is 248 g/mol. The van der Waals surface area contributed by atoms with E-state index in [1.54, 1.807) is 6.07 Å². The molecule has 1 unspecified atom stereocenters. The normalized spacial score (nSPS) is 19.3. The molecule has 0 spiro atoms. The van der Waals surface area contributed by atoms with Crippen molar-refractivity contribution in [3.05, 3.63) is 29.3 Å². The van der Waals surface area contributed by atoms with Crippen molar-refractivity contribution in [2.24, 2.45) is 0 Å². The molecule has 2 N–H and O–H groups in total. The molecule has 0 aliphatic heterocycles. The van der Waals surface area contributed by atoms with E-state index in [-0.39, 0.29) is 5.54 Å². The Hall–Kier alpha value is -1.06. The molecule has 100 valence electrons. The molecule has 1 aromatic rings. The SMILES string of the molecule is CN(C)C(C)(C)CNC1CCc2cc(O)ccc21. The maximum absolute atomic E-state index is 9.49. The van der Waals surface area contributed by atoms with Gasteiger partial charge in [-0.1, -0.05) is 6.07 Å². The van der Waals surface area contributed by atoms with Gasteiger partial charge in [-0.25, -0.2) is 0 Å². The van der Waals surface area contributed by atoms with E-state index in [2.05, 4.69) is 44.2 Å². The molecule has 3 nitrogen and oxygen atoms in total. The third-order valence-electron chi connectivity index (χ3n) is 4.20. The van der Waals surface area contributed by atoms with E-state index in [9.17, 15) is 5.11 Å². The van der Waals surface area contributed by atoms with Gasteiger partial charge in [-0.05, 0) is 64.0 Å². The first-order valence-electron chi connectivity index (χ1n) is 6.63. The van der Waals surface area contributed by atoms with Gasteiger partial charge in [0, 0.05) is 18.1 Å². The second-order valence-electron chi connectivity index (χ2n) is 6.06. The lowest BCUT2D eigenvalue weighted by Gasteiger charge is -2.34. The van der Waals surface area contributed by atoms with Gasteiger partial charge in [-0.15, -0.1) is 0 Å². The van der Waals surface area contributed by atoms with Gasteiger partial charge in [0.2, 0.25) is 0 Å². The molecule has 1 atom stereocenters. The average molecular weight is 248 g/mol. The average Bonchev–Trinajstić information content (AvgIpc) is 2.68. The Bertz CT molecular complexity index is 427. The predicted molar refractivity (Wildman–Crippen MR) is 74.9 cm³/mol. The van der Waals surface area contributed by atoms with E-state index < -0.39 is 0 Å². The maximum Gasteiger partial charge on any atom is 0.115 e. The van der Waals surface area contributed by atoms with Crippen LogP contribution in [0.4, 0.5) is 0 Å². The van der Waals surface area contributed by atoms with Crippen LogP contribution in [0.25, 0.3) is 0 Å². The van der Waals surface area contributed by atoms with Crippen LogP contribution in [-0.4, -0.2) is 36.2 Å². The highest BCUT2D eigenvalue weighted by atomic mass is 16.3. The number of rotatable bonds is 4. The van der Waals surface area contributed by atoms with Gasteiger partial charge in [-0.3, -0.25) is 0 Å². The first kappa shape index (κ1) is 13.4. The molecule has 0 heterocycles. The Morgan fingerprint density at radius 1 is 1.39 bits per heavy atom. The van der Waals surface area contributed by atoms with Crippen molar-refractivity contribution in [2.45, 2.75) is 38.3 Å². The van der Waals surface area contributed by atoms with E-state index in [1.807, 2.05) is 6.07 Å². The van der Waals surface area contributed by atoms with Crippen LogP contribution in [0.1, 0.15) is 37.4 Å². The van der Waals surface area contributed by atoms with Gasteiger partial charge in [0.05, 0.1) is 0 Å². The molecule has 0 amide bonds. The van der Waals surface area contributed by atoms with E-state index in [4.69, 9.17) is 0 Å². The summed E-state index contributed by atoms with van der Waals surface area (Å²) in [6.45, 7) is 5.45. The quantitative estimate of drug-likeness (QED) is 0.858. The number of aromatic hydroxyl groups is 1. The molecule has 0 saturated carbocycles. The predicted octanol–water partition coefficient (Wildman–Crippen LogP) is 2.31. The van der Waals surface area contributed by atoms with Crippen LogP contribution in [0.2, 0.25) is 0 Å². The van der Waals surface area contributed by atoms with E-state index in [0.717, 1.165) is 19.4 Å². The molecule has 3 heteroatoms. The number of hydrogen-bond donors (Lipinski definition) is 2. The smallest absolute Gasteiger partial charge is 0.115 e. The minimum Gasteiger partial charge on any atom is -0.508 e. The van der Waals surface area contributed by atoms with Gasteiger partial charge >= 0.3 is 0 Å². The zero-order chi connectivity index (χ0) is 13.3. The molecule has 0 aromatic heterocycles. The number of likely N-dealkylation sites (N-methyl/N-ethyl adjacent to an activating group) is 1. The van der Waals surface area contributed by atoms with Crippen molar-refractivity contribution in [3.63, 3.8) is 0 Å². The Labute approximate surface area is 110 Å². The van der Waals surface area contributed by atoms with Crippen molar-refractivity contribution < 1.29 is 5.11 Å². The molecule has 18 heavy (non-hydrogen) atoms. The standard InChI is InChI=1S/C15H24N2O/c1-15(2,17(3)4)10-16-14-8-5-11-9-12(18)6-7-13(11)14/h6-7,9,14,16,18H,5,8,10H2,1-4H3. The summed E-state index contributed by atoms with van der Waals surface area (Å²) in [6.07, 6.45) is 2.19. The highest BCUT2D eigenvalue weighted by Crippen LogP contribution is 2.33. The number of fused-ring (bicyclic) bond motifs is 1. The number of benzene rings is 1. The summed E-state index contributed by atoms with van der Waals surface area (Å²) in [5.41, 5.74) is 2.79. The molecule has 0 bridgehead atoms. The third kappa shape index (κ3) is 2.68. The van der Waals surface area contributed by atoms with Crippen molar-refractivity contribution in [1.82, 2.24) is 10.2 Å². The van der Waals surface area contributed by atoms with Crippen molar-refractivity contribution >= 4 is 0 Å². The summed E-state index contributed by atoms with van der Waals surface area (Å²) < 4.78 is 0. The summed E-state index contributed by atoms with van der Waals surface area (Å²) >= 11 is 0. The van der Waals surface area contributed by atoms with Crippen LogP contribution in [0.15, 0.2) is 18.2 Å². The van der Waals surface area contributed by atoms with Gasteiger partial charge in [0.25, 0.3) is 0 Å². The van der Waals surface area contributed by atoms with Crippen molar-refractivity contribution in [1.29, 1.82) is 0 Å². The number of aryl methyl sites for hydroxylation is 1. The zero-order valence-corrected chi connectivity index (χ0v) is 11.8. The van der Waals surface area contributed by atoms with Gasteiger partial charge < -0.3 is 15.3 Å². The van der Waals surface area contributed by atoms with Crippen LogP contribution in [-0.2, 0) is 6.42 Å². The van der Waals surface area contributed by atoms with Gasteiger partial charge in [0.15, 0.2) is 0 Å².